The van der Waals surface area contributed by atoms with Crippen LogP contribution in [-0.4, -0.2) is 9.55 Å². The Kier molecular flexibility index (Phi) is 5.88. The predicted octanol–water partition coefficient (Wildman–Crippen LogP) is 11.0. The van der Waals surface area contributed by atoms with Gasteiger partial charge in [-0.3, -0.25) is 4.57 Å². The van der Waals surface area contributed by atoms with Crippen LogP contribution in [0.25, 0.3) is 45.4 Å². The van der Waals surface area contributed by atoms with Crippen molar-refractivity contribution in [2.75, 3.05) is 0 Å². The molecule has 0 amide bonds. The van der Waals surface area contributed by atoms with Crippen molar-refractivity contribution in [1.82, 2.24) is 9.55 Å². The summed E-state index contributed by atoms with van der Waals surface area (Å²) in [5.41, 5.74) is 14.9. The van der Waals surface area contributed by atoms with Crippen LogP contribution in [-0.2, 0) is 11.8 Å². The second-order valence-electron chi connectivity index (χ2n) is 12.6. The molecule has 47 heavy (non-hydrogen) atoms. The van der Waals surface area contributed by atoms with E-state index in [1.165, 1.54) is 65.7 Å². The van der Waals surface area contributed by atoms with Crippen molar-refractivity contribution in [3.05, 3.63) is 185 Å². The van der Waals surface area contributed by atoms with Gasteiger partial charge < -0.3 is 0 Å². The van der Waals surface area contributed by atoms with Crippen LogP contribution in [0, 0.1) is 0 Å². The molecule has 7 aromatic rings. The zero-order valence-corrected chi connectivity index (χ0v) is 26.5. The van der Waals surface area contributed by atoms with Crippen molar-refractivity contribution in [2.45, 2.75) is 28.0 Å². The van der Waals surface area contributed by atoms with E-state index in [9.17, 15) is 0 Å². The van der Waals surface area contributed by atoms with Crippen molar-refractivity contribution in [1.29, 1.82) is 0 Å². The molecule has 2 aliphatic carbocycles. The van der Waals surface area contributed by atoms with Gasteiger partial charge in [-0.2, -0.15) is 0 Å². The first-order valence-corrected chi connectivity index (χ1v) is 17.2. The van der Waals surface area contributed by atoms with Crippen molar-refractivity contribution in [3.8, 4) is 39.3 Å². The van der Waals surface area contributed by atoms with Crippen LogP contribution < -0.4 is 0 Å². The van der Waals surface area contributed by atoms with Crippen LogP contribution >= 0.6 is 11.8 Å². The van der Waals surface area contributed by atoms with Crippen molar-refractivity contribution in [2.24, 2.45) is 0 Å². The normalized spacial score (nSPS) is 14.6. The van der Waals surface area contributed by atoms with E-state index < -0.39 is 0 Å². The lowest BCUT2D eigenvalue weighted by Gasteiger charge is -2.39. The first-order valence-electron chi connectivity index (χ1n) is 16.4. The molecule has 1 aliphatic heterocycles. The standard InChI is InChI=1S/C44H30N2S/c1-2-13-30(14-3-1)43-45-38-21-8-9-22-39(38)46(43)31-27-25-29(26-28-31)32-16-12-20-37-42(32)33-15-4-5-17-34(33)44(37)35-18-6-10-23-40(35)47-41-24-11-7-19-36(41)44/h1-7,9-20,22-28H,8,21H2. The van der Waals surface area contributed by atoms with E-state index in [2.05, 4.69) is 162 Å². The van der Waals surface area contributed by atoms with E-state index in [-0.39, 0.29) is 5.41 Å². The number of hydrogen-bond donors (Lipinski definition) is 0. The first kappa shape index (κ1) is 26.8. The minimum Gasteiger partial charge on any atom is -0.293 e. The van der Waals surface area contributed by atoms with Crippen LogP contribution in [0.2, 0.25) is 0 Å². The third-order valence-electron chi connectivity index (χ3n) is 10.2. The molecule has 6 aromatic carbocycles. The van der Waals surface area contributed by atoms with Crippen molar-refractivity contribution in [3.63, 3.8) is 0 Å². The maximum absolute atomic E-state index is 5.15. The van der Waals surface area contributed by atoms with Gasteiger partial charge in [-0.05, 0) is 87.7 Å². The molecule has 0 unspecified atom stereocenters. The minimum atomic E-state index is -0.368. The average Bonchev–Trinajstić information content (AvgIpc) is 3.67. The summed E-state index contributed by atoms with van der Waals surface area (Å²) in [7, 11) is 0. The number of benzene rings is 6. The molecule has 0 N–H and O–H groups in total. The molecule has 222 valence electrons. The van der Waals surface area contributed by atoms with Crippen LogP contribution in [0.4, 0.5) is 0 Å². The molecule has 0 saturated heterocycles. The first-order chi connectivity index (χ1) is 23.3. The summed E-state index contributed by atoms with van der Waals surface area (Å²) >= 11 is 1.89. The van der Waals surface area contributed by atoms with Crippen LogP contribution in [0.1, 0.15) is 40.1 Å². The van der Waals surface area contributed by atoms with Crippen LogP contribution in [0.15, 0.2) is 161 Å². The molecule has 0 radical (unpaired) electrons. The highest BCUT2D eigenvalue weighted by Gasteiger charge is 2.50. The average molecular weight is 619 g/mol. The fourth-order valence-electron chi connectivity index (χ4n) is 8.22. The second-order valence-corrected chi connectivity index (χ2v) is 13.7. The zero-order chi connectivity index (χ0) is 31.0. The number of imidazole rings is 1. The lowest BCUT2D eigenvalue weighted by Crippen LogP contribution is -2.31. The van der Waals surface area contributed by atoms with Gasteiger partial charge >= 0.3 is 0 Å². The summed E-state index contributed by atoms with van der Waals surface area (Å²) in [4.78, 5) is 7.80. The van der Waals surface area contributed by atoms with Gasteiger partial charge in [0, 0.05) is 21.0 Å². The molecule has 2 heterocycles. The molecule has 0 saturated carbocycles. The van der Waals surface area contributed by atoms with E-state index in [1.54, 1.807) is 0 Å². The van der Waals surface area contributed by atoms with Gasteiger partial charge in [0.25, 0.3) is 0 Å². The summed E-state index contributed by atoms with van der Waals surface area (Å²) in [6.07, 6.45) is 6.51. The van der Waals surface area contributed by atoms with E-state index >= 15 is 0 Å². The number of allylic oxidation sites excluding steroid dienone is 1. The largest absolute Gasteiger partial charge is 0.293 e. The Bertz CT molecular complexity index is 2330. The Labute approximate surface area is 279 Å². The third kappa shape index (κ3) is 3.78. The van der Waals surface area contributed by atoms with Gasteiger partial charge in [-0.15, -0.1) is 0 Å². The van der Waals surface area contributed by atoms with E-state index in [4.69, 9.17) is 4.98 Å². The molecule has 0 atom stereocenters. The van der Waals surface area contributed by atoms with Gasteiger partial charge in [0.15, 0.2) is 0 Å². The van der Waals surface area contributed by atoms with E-state index in [0.29, 0.717) is 0 Å². The molecule has 0 bridgehead atoms. The Balaban J connectivity index is 1.18. The highest BCUT2D eigenvalue weighted by molar-refractivity contribution is 7.99. The topological polar surface area (TPSA) is 17.8 Å². The minimum absolute atomic E-state index is 0.368. The monoisotopic (exact) mass is 618 g/mol. The number of rotatable bonds is 3. The fourth-order valence-corrected chi connectivity index (χ4v) is 9.42. The Morgan fingerprint density at radius 3 is 1.96 bits per heavy atom. The Morgan fingerprint density at radius 2 is 1.19 bits per heavy atom. The predicted molar refractivity (Wildman–Crippen MR) is 193 cm³/mol. The van der Waals surface area contributed by atoms with Crippen molar-refractivity contribution >= 4 is 17.8 Å². The molecule has 0 fully saturated rings. The number of fused-ring (bicyclic) bond motifs is 10. The molecular weight excluding hydrogens is 589 g/mol. The number of nitrogens with zero attached hydrogens (tertiary/aromatic N) is 2. The number of aromatic nitrogens is 2. The van der Waals surface area contributed by atoms with Gasteiger partial charge in [-0.25, -0.2) is 4.98 Å². The lowest BCUT2D eigenvalue weighted by atomic mass is 9.67. The van der Waals surface area contributed by atoms with Gasteiger partial charge in [0.05, 0.1) is 16.8 Å². The van der Waals surface area contributed by atoms with E-state index in [1.807, 2.05) is 11.8 Å². The van der Waals surface area contributed by atoms with Gasteiger partial charge in [-0.1, -0.05) is 139 Å². The molecule has 2 nitrogen and oxygen atoms in total. The zero-order valence-electron chi connectivity index (χ0n) is 25.7. The van der Waals surface area contributed by atoms with Crippen LogP contribution in [0.3, 0.4) is 0 Å². The van der Waals surface area contributed by atoms with Gasteiger partial charge in [0.2, 0.25) is 0 Å². The lowest BCUT2D eigenvalue weighted by molar-refractivity contribution is 0.722. The summed E-state index contributed by atoms with van der Waals surface area (Å²) in [5, 5.41) is 0. The maximum Gasteiger partial charge on any atom is 0.145 e. The highest BCUT2D eigenvalue weighted by atomic mass is 32.2. The highest BCUT2D eigenvalue weighted by Crippen LogP contribution is 2.63. The SMILES string of the molecule is C1=Cc2c(nc(-c3ccccc3)n2-c2ccc(-c3cccc4c3-c3ccccc3C43c4ccccc4Sc4ccccc43)cc2)CC1. The van der Waals surface area contributed by atoms with Crippen LogP contribution in [0.5, 0.6) is 0 Å². The summed E-state index contributed by atoms with van der Waals surface area (Å²) < 4.78 is 2.33. The Hall–Kier alpha value is -5.38. The van der Waals surface area contributed by atoms with E-state index in [0.717, 1.165) is 29.9 Å². The van der Waals surface area contributed by atoms with Gasteiger partial charge in [0.1, 0.15) is 5.82 Å². The molecule has 1 aromatic heterocycles. The maximum atomic E-state index is 5.15. The summed E-state index contributed by atoms with van der Waals surface area (Å²) in [6, 6.07) is 53.7. The fraction of sp³-hybridized carbons (Fsp3) is 0.0682. The molecule has 1 spiro atoms. The van der Waals surface area contributed by atoms with Crippen molar-refractivity contribution < 1.29 is 0 Å². The molecule has 10 rings (SSSR count). The molecular formula is C44H30N2S. The molecule has 3 aliphatic rings. The second kappa shape index (κ2) is 10.3. The number of hydrogen-bond acceptors (Lipinski definition) is 2. The summed E-state index contributed by atoms with van der Waals surface area (Å²) in [5.74, 6) is 0.999. The smallest absolute Gasteiger partial charge is 0.145 e. The molecule has 3 heteroatoms. The number of aryl methyl sites for hydroxylation is 1. The Morgan fingerprint density at radius 1 is 0.553 bits per heavy atom. The summed E-state index contributed by atoms with van der Waals surface area (Å²) in [6.45, 7) is 0. The quantitative estimate of drug-likeness (QED) is 0.196. The third-order valence-corrected chi connectivity index (χ3v) is 11.3.